The van der Waals surface area contributed by atoms with E-state index in [-0.39, 0.29) is 5.91 Å². The van der Waals surface area contributed by atoms with Crippen LogP contribution in [-0.4, -0.2) is 40.3 Å². The third-order valence-corrected chi connectivity index (χ3v) is 6.28. The summed E-state index contributed by atoms with van der Waals surface area (Å²) in [6.45, 7) is 2.92. The van der Waals surface area contributed by atoms with Gasteiger partial charge in [-0.1, -0.05) is 6.92 Å². The molecule has 1 aliphatic heterocycles. The third kappa shape index (κ3) is 2.33. The van der Waals surface area contributed by atoms with Crippen LogP contribution in [0.25, 0.3) is 0 Å². The normalized spacial score (nSPS) is 34.0. The molecule has 118 valence electrons. The van der Waals surface area contributed by atoms with Gasteiger partial charge in [0, 0.05) is 36.6 Å². The molecule has 0 unspecified atom stereocenters. The van der Waals surface area contributed by atoms with Gasteiger partial charge in [0.25, 0.3) is 5.91 Å². The summed E-state index contributed by atoms with van der Waals surface area (Å²) in [5.41, 5.74) is 0. The highest BCUT2D eigenvalue weighted by atomic mass is 32.1. The molecular weight excluding hydrogens is 298 g/mol. The van der Waals surface area contributed by atoms with Crippen molar-refractivity contribution in [1.29, 1.82) is 0 Å². The van der Waals surface area contributed by atoms with E-state index >= 15 is 0 Å². The number of carbonyl (C=O) groups is 2. The van der Waals surface area contributed by atoms with E-state index in [4.69, 9.17) is 0 Å². The molecule has 0 bridgehead atoms. The van der Waals surface area contributed by atoms with Gasteiger partial charge in [-0.05, 0) is 37.0 Å². The molecule has 0 radical (unpaired) electrons. The Labute approximate surface area is 134 Å². The summed E-state index contributed by atoms with van der Waals surface area (Å²) in [6.07, 6.45) is 5.76. The maximum absolute atomic E-state index is 12.3. The molecule has 22 heavy (non-hydrogen) atoms. The molecule has 2 aliphatic carbocycles. The Hall–Kier alpha value is -1.43. The Morgan fingerprint density at radius 2 is 2.32 bits per heavy atom. The first kappa shape index (κ1) is 14.2. The zero-order valence-electron chi connectivity index (χ0n) is 12.7. The Kier molecular flexibility index (Phi) is 3.44. The second-order valence-electron chi connectivity index (χ2n) is 6.89. The molecule has 1 saturated heterocycles. The van der Waals surface area contributed by atoms with Crippen LogP contribution < -0.4 is 5.32 Å². The molecule has 1 aromatic rings. The van der Waals surface area contributed by atoms with Gasteiger partial charge < -0.3 is 10.2 Å². The summed E-state index contributed by atoms with van der Waals surface area (Å²) in [6, 6.07) is 0.926. The number of carbonyl (C=O) groups excluding carboxylic acids is 2. The Morgan fingerprint density at radius 3 is 3.00 bits per heavy atom. The molecule has 3 fully saturated rings. The van der Waals surface area contributed by atoms with Crippen LogP contribution in [0.4, 0.5) is 0 Å². The van der Waals surface area contributed by atoms with E-state index in [1.54, 1.807) is 6.20 Å². The van der Waals surface area contributed by atoms with Crippen molar-refractivity contribution in [3.63, 3.8) is 0 Å². The van der Waals surface area contributed by atoms with Crippen molar-refractivity contribution in [2.45, 2.75) is 44.7 Å². The lowest BCUT2D eigenvalue weighted by atomic mass is 9.88. The zero-order chi connectivity index (χ0) is 15.3. The fourth-order valence-corrected chi connectivity index (χ4v) is 4.89. The molecule has 6 heteroatoms. The van der Waals surface area contributed by atoms with E-state index in [2.05, 4.69) is 22.1 Å². The van der Waals surface area contributed by atoms with Crippen LogP contribution in [-0.2, 0) is 4.79 Å². The Balaban J connectivity index is 1.42. The first-order valence-electron chi connectivity index (χ1n) is 8.14. The van der Waals surface area contributed by atoms with Gasteiger partial charge in [0.15, 0.2) is 5.01 Å². The average molecular weight is 319 g/mol. The first-order chi connectivity index (χ1) is 10.6. The molecular formula is C16H21N3O2S. The minimum Gasteiger partial charge on any atom is -0.350 e. The lowest BCUT2D eigenvalue weighted by Crippen LogP contribution is -2.36. The fourth-order valence-electron chi connectivity index (χ4n) is 4.34. The van der Waals surface area contributed by atoms with Crippen molar-refractivity contribution in [1.82, 2.24) is 15.2 Å². The van der Waals surface area contributed by atoms with Crippen molar-refractivity contribution in [3.05, 3.63) is 16.6 Å². The average Bonchev–Trinajstić information content (AvgIpc) is 2.94. The van der Waals surface area contributed by atoms with Crippen LogP contribution in [0.1, 0.15) is 42.4 Å². The number of hydrogen-bond acceptors (Lipinski definition) is 4. The van der Waals surface area contributed by atoms with Crippen molar-refractivity contribution in [3.8, 4) is 0 Å². The zero-order valence-corrected chi connectivity index (χ0v) is 13.5. The molecule has 1 aromatic heterocycles. The van der Waals surface area contributed by atoms with Gasteiger partial charge in [0.1, 0.15) is 0 Å². The van der Waals surface area contributed by atoms with E-state index in [1.807, 2.05) is 5.38 Å². The highest BCUT2D eigenvalue weighted by molar-refractivity contribution is 7.11. The summed E-state index contributed by atoms with van der Waals surface area (Å²) in [5, 5.41) is 5.35. The van der Waals surface area contributed by atoms with E-state index in [1.165, 1.54) is 24.2 Å². The number of thiazole rings is 1. The topological polar surface area (TPSA) is 62.3 Å². The number of rotatable bonds is 4. The summed E-state index contributed by atoms with van der Waals surface area (Å²) in [4.78, 5) is 30.6. The Morgan fingerprint density at radius 1 is 1.50 bits per heavy atom. The van der Waals surface area contributed by atoms with Crippen molar-refractivity contribution in [2.24, 2.45) is 17.8 Å². The van der Waals surface area contributed by atoms with Gasteiger partial charge in [0.2, 0.25) is 5.91 Å². The van der Waals surface area contributed by atoms with Gasteiger partial charge in [-0.25, -0.2) is 4.98 Å². The van der Waals surface area contributed by atoms with E-state index < -0.39 is 0 Å². The first-order valence-corrected chi connectivity index (χ1v) is 9.02. The molecule has 1 N–H and O–H groups in total. The second kappa shape index (κ2) is 5.33. The van der Waals surface area contributed by atoms with E-state index in [9.17, 15) is 9.59 Å². The molecule has 0 aromatic carbocycles. The number of hydrogen-bond donors (Lipinski definition) is 1. The van der Waals surface area contributed by atoms with Gasteiger partial charge >= 0.3 is 0 Å². The molecule has 4 rings (SSSR count). The molecule has 0 spiro atoms. The lowest BCUT2D eigenvalue weighted by molar-refractivity contribution is -0.129. The molecule has 2 heterocycles. The number of nitrogens with zero attached hydrogens (tertiary/aromatic N) is 2. The van der Waals surface area contributed by atoms with Gasteiger partial charge in [0.05, 0.1) is 0 Å². The van der Waals surface area contributed by atoms with Gasteiger partial charge in [-0.2, -0.15) is 0 Å². The van der Waals surface area contributed by atoms with E-state index in [0.717, 1.165) is 6.42 Å². The Bertz CT molecular complexity index is 584. The predicted molar refractivity (Wildman–Crippen MR) is 83.5 cm³/mol. The van der Waals surface area contributed by atoms with Crippen LogP contribution in [0, 0.1) is 17.8 Å². The van der Waals surface area contributed by atoms with Gasteiger partial charge in [-0.15, -0.1) is 11.3 Å². The molecule has 2 amide bonds. The number of nitrogens with one attached hydrogen (secondary N) is 1. The minimum absolute atomic E-state index is 0.0889. The number of fused-ring (bicyclic) bond motifs is 1. The van der Waals surface area contributed by atoms with Crippen molar-refractivity contribution in [2.75, 3.05) is 6.54 Å². The SMILES string of the molecule is C[C@H]1C[C@@H]2[C@@H](CC(=O)N2C2CC2)[C@@H]1CNC(=O)c1nccs1. The summed E-state index contributed by atoms with van der Waals surface area (Å²) < 4.78 is 0. The van der Waals surface area contributed by atoms with Crippen LogP contribution in [0.5, 0.6) is 0 Å². The largest absolute Gasteiger partial charge is 0.350 e. The van der Waals surface area contributed by atoms with Crippen molar-refractivity contribution < 1.29 is 9.59 Å². The summed E-state index contributed by atoms with van der Waals surface area (Å²) >= 11 is 1.36. The maximum Gasteiger partial charge on any atom is 0.280 e. The summed E-state index contributed by atoms with van der Waals surface area (Å²) in [5.74, 6) is 1.62. The highest BCUT2D eigenvalue weighted by Crippen LogP contribution is 2.49. The van der Waals surface area contributed by atoms with Crippen molar-refractivity contribution >= 4 is 23.2 Å². The lowest BCUT2D eigenvalue weighted by Gasteiger charge is -2.24. The fraction of sp³-hybridized carbons (Fsp3) is 0.688. The monoisotopic (exact) mass is 319 g/mol. The van der Waals surface area contributed by atoms with Crippen LogP contribution in [0.2, 0.25) is 0 Å². The number of aromatic nitrogens is 1. The van der Waals surface area contributed by atoms with Crippen LogP contribution in [0.3, 0.4) is 0 Å². The third-order valence-electron chi connectivity index (χ3n) is 5.51. The van der Waals surface area contributed by atoms with Gasteiger partial charge in [-0.3, -0.25) is 9.59 Å². The molecule has 2 saturated carbocycles. The summed E-state index contributed by atoms with van der Waals surface area (Å²) in [7, 11) is 0. The highest BCUT2D eigenvalue weighted by Gasteiger charge is 2.53. The molecule has 4 atom stereocenters. The second-order valence-corrected chi connectivity index (χ2v) is 7.79. The number of likely N-dealkylation sites (tertiary alicyclic amines) is 1. The molecule has 3 aliphatic rings. The molecule has 5 nitrogen and oxygen atoms in total. The smallest absolute Gasteiger partial charge is 0.280 e. The predicted octanol–water partition coefficient (Wildman–Crippen LogP) is 1.91. The van der Waals surface area contributed by atoms with Crippen LogP contribution in [0.15, 0.2) is 11.6 Å². The minimum atomic E-state index is -0.0889. The number of amides is 2. The quantitative estimate of drug-likeness (QED) is 0.922. The standard InChI is InChI=1S/C16H21N3O2S/c1-9-6-13-11(7-14(20)19(13)10-2-3-10)12(9)8-18-15(21)16-17-4-5-22-16/h4-5,9-13H,2-3,6-8H2,1H3,(H,18,21)/t9-,11-,12+,13+/m0/s1. The van der Waals surface area contributed by atoms with Crippen LogP contribution >= 0.6 is 11.3 Å². The maximum atomic E-state index is 12.3. The van der Waals surface area contributed by atoms with E-state index in [0.29, 0.717) is 53.7 Å².